The van der Waals surface area contributed by atoms with Gasteiger partial charge in [-0.05, 0) is 30.4 Å². The van der Waals surface area contributed by atoms with E-state index >= 15 is 0 Å². The molecular weight excluding hydrogens is 307 g/mol. The summed E-state index contributed by atoms with van der Waals surface area (Å²) in [5.74, 6) is -0.372. The van der Waals surface area contributed by atoms with Crippen molar-refractivity contribution in [3.05, 3.63) is 33.4 Å². The number of phenolic OH excluding ortho intramolecular Hbond substituents is 1. The first-order chi connectivity index (χ1) is 8.82. The van der Waals surface area contributed by atoms with Gasteiger partial charge in [-0.15, -0.1) is 0 Å². The zero-order valence-electron chi connectivity index (χ0n) is 10.1. The molecule has 0 unspecified atom stereocenters. The van der Waals surface area contributed by atoms with Gasteiger partial charge in [0.25, 0.3) is 5.91 Å². The number of rotatable bonds is 1. The van der Waals surface area contributed by atoms with Gasteiger partial charge in [0.2, 0.25) is 0 Å². The van der Waals surface area contributed by atoms with Gasteiger partial charge in [-0.1, -0.05) is 23.2 Å². The fourth-order valence-corrected chi connectivity index (χ4v) is 2.42. The maximum atomic E-state index is 12.0. The molecule has 2 rings (SSSR count). The highest BCUT2D eigenvalue weighted by Crippen LogP contribution is 2.33. The molecule has 100 valence electrons. The molecule has 1 N–H and O–H groups in total. The standard InChI is InChI=1S/C12H10Cl2N2O2S/c1-15-9(11(18)16(2)12(15)19)4-6-3-7(13)5-8(14)10(6)17/h3-5,17H,1-2H3/b9-4-. The highest BCUT2D eigenvalue weighted by Gasteiger charge is 2.32. The molecule has 1 heterocycles. The number of halogens is 2. The summed E-state index contributed by atoms with van der Waals surface area (Å²) in [4.78, 5) is 14.9. The summed E-state index contributed by atoms with van der Waals surface area (Å²) in [6, 6.07) is 2.95. The predicted octanol–water partition coefficient (Wildman–Crippen LogP) is 2.73. The quantitative estimate of drug-likeness (QED) is 0.639. The van der Waals surface area contributed by atoms with Crippen LogP contribution in [0.3, 0.4) is 0 Å². The van der Waals surface area contributed by atoms with Crippen LogP contribution in [0.25, 0.3) is 6.08 Å². The van der Waals surface area contributed by atoms with E-state index in [2.05, 4.69) is 0 Å². The third-order valence-corrected chi connectivity index (χ3v) is 3.86. The number of hydrogen-bond acceptors (Lipinski definition) is 3. The number of amides is 1. The second-order valence-corrected chi connectivity index (χ2v) is 5.27. The van der Waals surface area contributed by atoms with Gasteiger partial charge in [0.05, 0.1) is 5.02 Å². The molecule has 4 nitrogen and oxygen atoms in total. The van der Waals surface area contributed by atoms with E-state index in [1.165, 1.54) is 23.1 Å². The van der Waals surface area contributed by atoms with Crippen molar-refractivity contribution in [1.82, 2.24) is 9.80 Å². The Morgan fingerprint density at radius 2 is 1.89 bits per heavy atom. The fraction of sp³-hybridized carbons (Fsp3) is 0.167. The van der Waals surface area contributed by atoms with Crippen LogP contribution < -0.4 is 0 Å². The van der Waals surface area contributed by atoms with Gasteiger partial charge in [-0.3, -0.25) is 9.69 Å². The van der Waals surface area contributed by atoms with Crippen LogP contribution >= 0.6 is 35.4 Å². The molecule has 1 fully saturated rings. The number of carbonyl (C=O) groups is 1. The van der Waals surface area contributed by atoms with Crippen LogP contribution in [-0.2, 0) is 4.79 Å². The smallest absolute Gasteiger partial charge is 0.276 e. The van der Waals surface area contributed by atoms with Crippen LogP contribution in [0.1, 0.15) is 5.56 Å². The zero-order chi connectivity index (χ0) is 14.3. The highest BCUT2D eigenvalue weighted by atomic mass is 35.5. The monoisotopic (exact) mass is 316 g/mol. The summed E-state index contributed by atoms with van der Waals surface area (Å²) in [5, 5.41) is 10.8. The summed E-state index contributed by atoms with van der Waals surface area (Å²) < 4.78 is 0. The van der Waals surface area contributed by atoms with Gasteiger partial charge in [-0.25, -0.2) is 0 Å². The number of benzene rings is 1. The van der Waals surface area contributed by atoms with Gasteiger partial charge >= 0.3 is 0 Å². The molecule has 1 aromatic rings. The molecule has 1 aliphatic heterocycles. The number of phenols is 1. The summed E-state index contributed by atoms with van der Waals surface area (Å²) in [7, 11) is 3.27. The minimum Gasteiger partial charge on any atom is -0.506 e. The zero-order valence-corrected chi connectivity index (χ0v) is 12.5. The topological polar surface area (TPSA) is 43.8 Å². The molecule has 7 heteroatoms. The molecule has 1 amide bonds. The second-order valence-electron chi connectivity index (χ2n) is 4.06. The first-order valence-electron chi connectivity index (χ1n) is 5.28. The number of likely N-dealkylation sites (N-methyl/N-ethyl adjacent to an activating group) is 2. The Bertz CT molecular complexity index is 616. The van der Waals surface area contributed by atoms with Crippen molar-refractivity contribution < 1.29 is 9.90 Å². The molecule has 0 saturated carbocycles. The van der Waals surface area contributed by atoms with E-state index in [4.69, 9.17) is 35.4 Å². The van der Waals surface area contributed by atoms with Gasteiger partial charge < -0.3 is 10.0 Å². The van der Waals surface area contributed by atoms with Gasteiger partial charge in [0.15, 0.2) is 5.11 Å². The summed E-state index contributed by atoms with van der Waals surface area (Å²) in [6.45, 7) is 0. The first kappa shape index (κ1) is 14.1. The maximum Gasteiger partial charge on any atom is 0.276 e. The molecule has 0 bridgehead atoms. The average molecular weight is 317 g/mol. The molecule has 1 saturated heterocycles. The van der Waals surface area contributed by atoms with Crippen molar-refractivity contribution >= 4 is 52.5 Å². The van der Waals surface area contributed by atoms with Crippen LogP contribution in [0.2, 0.25) is 10.0 Å². The van der Waals surface area contributed by atoms with Crippen molar-refractivity contribution in [2.75, 3.05) is 14.1 Å². The fourth-order valence-electron chi connectivity index (χ4n) is 1.73. The highest BCUT2D eigenvalue weighted by molar-refractivity contribution is 7.80. The number of nitrogens with zero attached hydrogens (tertiary/aromatic N) is 2. The predicted molar refractivity (Wildman–Crippen MR) is 79.2 cm³/mol. The lowest BCUT2D eigenvalue weighted by atomic mass is 10.1. The first-order valence-corrected chi connectivity index (χ1v) is 6.44. The molecule has 1 aromatic carbocycles. The van der Waals surface area contributed by atoms with Crippen LogP contribution in [0.5, 0.6) is 5.75 Å². The van der Waals surface area contributed by atoms with E-state index in [0.29, 0.717) is 21.4 Å². The van der Waals surface area contributed by atoms with Crippen LogP contribution in [-0.4, -0.2) is 40.0 Å². The minimum absolute atomic E-state index is 0.125. The number of thiocarbonyl (C=S) groups is 1. The van der Waals surface area contributed by atoms with Crippen molar-refractivity contribution in [3.8, 4) is 5.75 Å². The van der Waals surface area contributed by atoms with Crippen LogP contribution in [0.15, 0.2) is 17.8 Å². The molecule has 0 aromatic heterocycles. The van der Waals surface area contributed by atoms with Crippen LogP contribution in [0, 0.1) is 0 Å². The van der Waals surface area contributed by atoms with E-state index in [1.54, 1.807) is 19.0 Å². The lowest BCUT2D eigenvalue weighted by Crippen LogP contribution is -2.26. The summed E-state index contributed by atoms with van der Waals surface area (Å²) in [5.41, 5.74) is 0.715. The Morgan fingerprint density at radius 1 is 1.26 bits per heavy atom. The van der Waals surface area contributed by atoms with Crippen molar-refractivity contribution in [2.24, 2.45) is 0 Å². The third-order valence-electron chi connectivity index (χ3n) is 2.81. The van der Waals surface area contributed by atoms with Gasteiger partial charge in [0.1, 0.15) is 11.4 Å². The normalized spacial score (nSPS) is 17.8. The second kappa shape index (κ2) is 5.00. The molecular formula is C12H10Cl2N2O2S. The Hall–Kier alpha value is -1.30. The summed E-state index contributed by atoms with van der Waals surface area (Å²) >= 11 is 16.8. The molecule has 19 heavy (non-hydrogen) atoms. The lowest BCUT2D eigenvalue weighted by molar-refractivity contribution is -0.121. The maximum absolute atomic E-state index is 12.0. The minimum atomic E-state index is -0.247. The average Bonchev–Trinajstić information content (AvgIpc) is 2.53. The summed E-state index contributed by atoms with van der Waals surface area (Å²) in [6.07, 6.45) is 1.51. The molecule has 0 aliphatic carbocycles. The van der Waals surface area contributed by atoms with E-state index in [0.717, 1.165) is 0 Å². The SMILES string of the molecule is CN1C(=O)/C(=C/c2cc(Cl)cc(Cl)c2O)N(C)C1=S. The van der Waals surface area contributed by atoms with Crippen molar-refractivity contribution in [1.29, 1.82) is 0 Å². The van der Waals surface area contributed by atoms with Crippen molar-refractivity contribution in [3.63, 3.8) is 0 Å². The van der Waals surface area contributed by atoms with Crippen LogP contribution in [0.4, 0.5) is 0 Å². The van der Waals surface area contributed by atoms with Gasteiger partial charge in [0, 0.05) is 24.7 Å². The Kier molecular flexibility index (Phi) is 3.71. The number of aromatic hydroxyl groups is 1. The Labute approximate surface area is 125 Å². The molecule has 1 aliphatic rings. The number of hydrogen-bond donors (Lipinski definition) is 1. The van der Waals surface area contributed by atoms with E-state index in [-0.39, 0.29) is 16.7 Å². The molecule has 0 atom stereocenters. The third kappa shape index (κ3) is 2.41. The largest absolute Gasteiger partial charge is 0.506 e. The van der Waals surface area contributed by atoms with E-state index < -0.39 is 0 Å². The molecule has 0 radical (unpaired) electrons. The van der Waals surface area contributed by atoms with Crippen molar-refractivity contribution in [2.45, 2.75) is 0 Å². The van der Waals surface area contributed by atoms with E-state index in [9.17, 15) is 9.90 Å². The Balaban J connectivity index is 2.53. The number of carbonyl (C=O) groups excluding carboxylic acids is 1. The molecule has 0 spiro atoms. The lowest BCUT2D eigenvalue weighted by Gasteiger charge is -2.11. The van der Waals surface area contributed by atoms with Gasteiger partial charge in [-0.2, -0.15) is 0 Å². The Morgan fingerprint density at radius 3 is 2.42 bits per heavy atom. The van der Waals surface area contributed by atoms with E-state index in [1.807, 2.05) is 0 Å².